The smallest absolute Gasteiger partial charge is 0.256 e. The van der Waals surface area contributed by atoms with Gasteiger partial charge in [-0.1, -0.05) is 39.2 Å². The molecule has 0 bridgehead atoms. The lowest BCUT2D eigenvalue weighted by Gasteiger charge is -2.22. The van der Waals surface area contributed by atoms with Gasteiger partial charge in [-0.15, -0.1) is 0 Å². The quantitative estimate of drug-likeness (QED) is 0.621. The predicted molar refractivity (Wildman–Crippen MR) is 121 cm³/mol. The number of anilines is 1. The number of hydrogen-bond acceptors (Lipinski definition) is 5. The summed E-state index contributed by atoms with van der Waals surface area (Å²) in [6, 6.07) is 9.61. The van der Waals surface area contributed by atoms with Crippen molar-refractivity contribution >= 4 is 21.7 Å². The van der Waals surface area contributed by atoms with Crippen LogP contribution in [-0.2, 0) is 10.0 Å². The molecule has 3 rings (SSSR count). The van der Waals surface area contributed by atoms with Gasteiger partial charge in [0.25, 0.3) is 5.91 Å². The first-order chi connectivity index (χ1) is 15.0. The molecule has 1 aromatic heterocycles. The van der Waals surface area contributed by atoms with Crippen molar-refractivity contribution in [3.05, 3.63) is 48.2 Å². The Bertz CT molecular complexity index is 984. The van der Waals surface area contributed by atoms with Gasteiger partial charge in [-0.05, 0) is 49.1 Å². The van der Waals surface area contributed by atoms with Gasteiger partial charge in [0.2, 0.25) is 10.0 Å². The van der Waals surface area contributed by atoms with E-state index in [1.807, 2.05) is 0 Å². The summed E-state index contributed by atoms with van der Waals surface area (Å²) in [6.07, 6.45) is 7.67. The van der Waals surface area contributed by atoms with Gasteiger partial charge in [-0.2, -0.15) is 4.31 Å². The zero-order valence-corrected chi connectivity index (χ0v) is 19.0. The Kier molecular flexibility index (Phi) is 8.03. The van der Waals surface area contributed by atoms with Crippen molar-refractivity contribution in [1.29, 1.82) is 0 Å². The molecule has 0 saturated heterocycles. The molecule has 1 amide bonds. The number of amides is 1. The second-order valence-corrected chi connectivity index (χ2v) is 9.67. The molecule has 1 fully saturated rings. The van der Waals surface area contributed by atoms with E-state index in [-0.39, 0.29) is 10.5 Å². The van der Waals surface area contributed by atoms with Crippen LogP contribution in [0.4, 0.5) is 5.82 Å². The molecule has 0 aliphatic heterocycles. The van der Waals surface area contributed by atoms with Crippen molar-refractivity contribution in [3.8, 4) is 5.75 Å². The Morgan fingerprint density at radius 3 is 2.58 bits per heavy atom. The molecule has 1 N–H and O–H groups in total. The summed E-state index contributed by atoms with van der Waals surface area (Å²) in [4.78, 5) is 17.2. The zero-order valence-electron chi connectivity index (χ0n) is 18.2. The van der Waals surface area contributed by atoms with E-state index in [2.05, 4.69) is 10.3 Å². The fourth-order valence-electron chi connectivity index (χ4n) is 3.85. The molecule has 0 unspecified atom stereocenters. The van der Waals surface area contributed by atoms with Crippen molar-refractivity contribution < 1.29 is 17.9 Å². The molecule has 1 aliphatic carbocycles. The van der Waals surface area contributed by atoms with E-state index in [0.717, 1.165) is 12.8 Å². The maximum atomic E-state index is 12.8. The minimum Gasteiger partial charge on any atom is -0.489 e. The first-order valence-corrected chi connectivity index (χ1v) is 12.4. The van der Waals surface area contributed by atoms with Gasteiger partial charge in [0.05, 0.1) is 11.5 Å². The molecule has 1 aliphatic rings. The summed E-state index contributed by atoms with van der Waals surface area (Å²) in [7, 11) is -3.65. The van der Waals surface area contributed by atoms with Crippen LogP contribution in [0.2, 0.25) is 0 Å². The van der Waals surface area contributed by atoms with Crippen LogP contribution in [0, 0.1) is 5.92 Å². The van der Waals surface area contributed by atoms with Crippen LogP contribution in [0.15, 0.2) is 47.5 Å². The van der Waals surface area contributed by atoms with Crippen LogP contribution < -0.4 is 10.1 Å². The fourth-order valence-corrected chi connectivity index (χ4v) is 5.36. The number of rotatable bonds is 9. The highest BCUT2D eigenvalue weighted by Gasteiger charge is 2.23. The Balaban J connectivity index is 1.73. The number of aromatic nitrogens is 1. The molecule has 1 saturated carbocycles. The summed E-state index contributed by atoms with van der Waals surface area (Å²) in [6.45, 7) is 4.91. The molecular formula is C23H31N3O4S. The van der Waals surface area contributed by atoms with Crippen molar-refractivity contribution in [2.75, 3.05) is 25.0 Å². The van der Waals surface area contributed by atoms with Gasteiger partial charge in [0, 0.05) is 24.8 Å². The molecule has 7 nitrogen and oxygen atoms in total. The molecule has 168 valence electrons. The van der Waals surface area contributed by atoms with E-state index in [0.29, 0.717) is 37.2 Å². The Morgan fingerprint density at radius 1 is 1.13 bits per heavy atom. The Morgan fingerprint density at radius 2 is 1.87 bits per heavy atom. The number of sulfonamides is 1. The van der Waals surface area contributed by atoms with Gasteiger partial charge < -0.3 is 10.1 Å². The standard InChI is InChI=1S/C23H31N3O4S/c1-3-26(4-2)31(28,29)20-13-8-12-19(16-20)23(27)25-22-21(14-9-15-24-22)30-17-18-10-6-5-7-11-18/h8-9,12-16,18H,3-7,10-11,17H2,1-2H3,(H,24,25,27). The normalized spacial score (nSPS) is 15.1. The number of benzene rings is 1. The molecule has 0 spiro atoms. The molecule has 2 aromatic rings. The van der Waals surface area contributed by atoms with E-state index in [4.69, 9.17) is 4.74 Å². The number of nitrogens with one attached hydrogen (secondary N) is 1. The maximum Gasteiger partial charge on any atom is 0.256 e. The number of ether oxygens (including phenoxy) is 1. The predicted octanol–water partition coefficient (Wildman–Crippen LogP) is 4.32. The topological polar surface area (TPSA) is 88.6 Å². The summed E-state index contributed by atoms with van der Waals surface area (Å²) >= 11 is 0. The molecule has 0 atom stereocenters. The molecule has 1 aromatic carbocycles. The van der Waals surface area contributed by atoms with Crippen LogP contribution in [0.25, 0.3) is 0 Å². The van der Waals surface area contributed by atoms with E-state index >= 15 is 0 Å². The summed E-state index contributed by atoms with van der Waals surface area (Å²) < 4.78 is 32.9. The number of nitrogens with zero attached hydrogens (tertiary/aromatic N) is 2. The largest absolute Gasteiger partial charge is 0.489 e. The van der Waals surface area contributed by atoms with E-state index in [9.17, 15) is 13.2 Å². The van der Waals surface area contributed by atoms with Crippen molar-refractivity contribution in [2.24, 2.45) is 5.92 Å². The third-order valence-corrected chi connectivity index (χ3v) is 7.69. The molecule has 0 radical (unpaired) electrons. The van der Waals surface area contributed by atoms with Crippen molar-refractivity contribution in [2.45, 2.75) is 50.8 Å². The SMILES string of the molecule is CCN(CC)S(=O)(=O)c1cccc(C(=O)Nc2ncccc2OCC2CCCCC2)c1. The second kappa shape index (κ2) is 10.7. The lowest BCUT2D eigenvalue weighted by molar-refractivity contribution is 0.102. The third kappa shape index (κ3) is 5.83. The van der Waals surface area contributed by atoms with E-state index in [1.54, 1.807) is 44.3 Å². The van der Waals surface area contributed by atoms with Gasteiger partial charge in [0.1, 0.15) is 0 Å². The molecule has 8 heteroatoms. The van der Waals surface area contributed by atoms with Crippen LogP contribution in [-0.4, -0.2) is 43.3 Å². The number of hydrogen-bond donors (Lipinski definition) is 1. The summed E-state index contributed by atoms with van der Waals surface area (Å²) in [5, 5.41) is 2.77. The highest BCUT2D eigenvalue weighted by molar-refractivity contribution is 7.89. The third-order valence-electron chi connectivity index (χ3n) is 5.64. The lowest BCUT2D eigenvalue weighted by atomic mass is 9.90. The van der Waals surface area contributed by atoms with Crippen LogP contribution in [0.3, 0.4) is 0 Å². The maximum absolute atomic E-state index is 12.8. The second-order valence-electron chi connectivity index (χ2n) is 7.74. The minimum absolute atomic E-state index is 0.0960. The average molecular weight is 446 g/mol. The van der Waals surface area contributed by atoms with Crippen molar-refractivity contribution in [1.82, 2.24) is 9.29 Å². The van der Waals surface area contributed by atoms with Crippen LogP contribution in [0.5, 0.6) is 5.75 Å². The number of carbonyl (C=O) groups is 1. The summed E-state index contributed by atoms with van der Waals surface area (Å²) in [5.41, 5.74) is 0.247. The fraction of sp³-hybridized carbons (Fsp3) is 0.478. The Labute approximate surface area is 184 Å². The van der Waals surface area contributed by atoms with Gasteiger partial charge in [-0.25, -0.2) is 13.4 Å². The van der Waals surface area contributed by atoms with E-state index in [1.165, 1.54) is 35.7 Å². The Hall–Kier alpha value is -2.45. The minimum atomic E-state index is -3.65. The van der Waals surface area contributed by atoms with Gasteiger partial charge in [0.15, 0.2) is 11.6 Å². The highest BCUT2D eigenvalue weighted by Crippen LogP contribution is 2.27. The summed E-state index contributed by atoms with van der Waals surface area (Å²) in [5.74, 6) is 0.950. The number of pyridine rings is 1. The first-order valence-electron chi connectivity index (χ1n) is 10.9. The van der Waals surface area contributed by atoms with Crippen molar-refractivity contribution in [3.63, 3.8) is 0 Å². The van der Waals surface area contributed by atoms with Gasteiger partial charge >= 0.3 is 0 Å². The highest BCUT2D eigenvalue weighted by atomic mass is 32.2. The van der Waals surface area contributed by atoms with E-state index < -0.39 is 15.9 Å². The lowest BCUT2D eigenvalue weighted by Crippen LogP contribution is -2.30. The van der Waals surface area contributed by atoms with Crippen LogP contribution in [0.1, 0.15) is 56.3 Å². The zero-order chi connectivity index (χ0) is 22.3. The number of carbonyl (C=O) groups excluding carboxylic acids is 1. The van der Waals surface area contributed by atoms with Crippen LogP contribution >= 0.6 is 0 Å². The van der Waals surface area contributed by atoms with Gasteiger partial charge in [-0.3, -0.25) is 4.79 Å². The molecule has 31 heavy (non-hydrogen) atoms. The first kappa shape index (κ1) is 23.2. The monoisotopic (exact) mass is 445 g/mol. The molecule has 1 heterocycles. The average Bonchev–Trinajstić information content (AvgIpc) is 2.80. The molecular weight excluding hydrogens is 414 g/mol.